The highest BCUT2D eigenvalue weighted by Crippen LogP contribution is 2.30. The van der Waals surface area contributed by atoms with Crippen LogP contribution in [0.4, 0.5) is 0 Å². The maximum Gasteiger partial charge on any atom is 0.287 e. The fourth-order valence-corrected chi connectivity index (χ4v) is 2.17. The summed E-state index contributed by atoms with van der Waals surface area (Å²) in [5.74, 6) is 0.566. The monoisotopic (exact) mass is 343 g/mol. The Bertz CT molecular complexity index is 799. The molecule has 3 rings (SSSR count). The fourth-order valence-electron chi connectivity index (χ4n) is 2.17. The Morgan fingerprint density at radius 2 is 1.96 bits per heavy atom. The molecule has 2 N–H and O–H groups in total. The molecule has 2 aromatic rings. The maximum atomic E-state index is 11.8. The van der Waals surface area contributed by atoms with E-state index in [1.165, 1.54) is 12.3 Å². The Balaban J connectivity index is 1.54. The van der Waals surface area contributed by atoms with Gasteiger partial charge in [0.05, 0.1) is 18.5 Å². The van der Waals surface area contributed by atoms with E-state index in [2.05, 4.69) is 15.8 Å². The smallest absolute Gasteiger partial charge is 0.287 e. The highest BCUT2D eigenvalue weighted by Gasteiger charge is 2.13. The van der Waals surface area contributed by atoms with Crippen LogP contribution in [-0.2, 0) is 4.79 Å². The van der Waals surface area contributed by atoms with Crippen LogP contribution in [0.1, 0.15) is 23.0 Å². The van der Waals surface area contributed by atoms with Crippen molar-refractivity contribution >= 4 is 17.5 Å². The number of hydrazone groups is 1. The van der Waals surface area contributed by atoms with Gasteiger partial charge in [-0.05, 0) is 37.3 Å². The molecule has 1 aromatic carbocycles. The number of nitrogens with zero attached hydrogens (tertiary/aromatic N) is 1. The molecule has 0 atom stereocenters. The van der Waals surface area contributed by atoms with Crippen LogP contribution in [0.25, 0.3) is 0 Å². The summed E-state index contributed by atoms with van der Waals surface area (Å²) >= 11 is 0. The van der Waals surface area contributed by atoms with E-state index in [9.17, 15) is 9.59 Å². The predicted molar refractivity (Wildman–Crippen MR) is 88.8 cm³/mol. The van der Waals surface area contributed by atoms with Gasteiger partial charge in [0, 0.05) is 5.56 Å². The first kappa shape index (κ1) is 16.6. The second kappa shape index (κ2) is 7.52. The van der Waals surface area contributed by atoms with Gasteiger partial charge in [0.15, 0.2) is 17.3 Å². The van der Waals surface area contributed by atoms with E-state index in [1.807, 2.05) is 6.07 Å². The molecule has 130 valence electrons. The maximum absolute atomic E-state index is 11.8. The highest BCUT2D eigenvalue weighted by molar-refractivity contribution is 6.00. The predicted octanol–water partition coefficient (Wildman–Crippen LogP) is 1.32. The van der Waals surface area contributed by atoms with Crippen LogP contribution in [0.2, 0.25) is 0 Å². The topological polar surface area (TPSA) is 102 Å². The van der Waals surface area contributed by atoms with Gasteiger partial charge in [0.2, 0.25) is 0 Å². The summed E-state index contributed by atoms with van der Waals surface area (Å²) < 4.78 is 15.9. The average molecular weight is 343 g/mol. The van der Waals surface area contributed by atoms with Crippen molar-refractivity contribution in [1.29, 1.82) is 0 Å². The lowest BCUT2D eigenvalue weighted by molar-refractivity contribution is -0.120. The number of ether oxygens (including phenoxy) is 2. The van der Waals surface area contributed by atoms with E-state index < -0.39 is 11.8 Å². The van der Waals surface area contributed by atoms with Crippen LogP contribution in [0, 0.1) is 0 Å². The molecular weight excluding hydrogens is 326 g/mol. The first-order valence-corrected chi connectivity index (χ1v) is 7.68. The second-order valence-electron chi connectivity index (χ2n) is 5.25. The van der Waals surface area contributed by atoms with Gasteiger partial charge in [-0.3, -0.25) is 9.59 Å². The van der Waals surface area contributed by atoms with Crippen molar-refractivity contribution in [3.8, 4) is 11.5 Å². The number of furan rings is 1. The van der Waals surface area contributed by atoms with Gasteiger partial charge in [0.1, 0.15) is 13.2 Å². The zero-order chi connectivity index (χ0) is 17.6. The molecule has 0 saturated heterocycles. The van der Waals surface area contributed by atoms with E-state index >= 15 is 0 Å². The number of hydrogen-bond acceptors (Lipinski definition) is 6. The van der Waals surface area contributed by atoms with Gasteiger partial charge >= 0.3 is 0 Å². The van der Waals surface area contributed by atoms with Crippen molar-refractivity contribution in [2.24, 2.45) is 5.10 Å². The Morgan fingerprint density at radius 1 is 1.16 bits per heavy atom. The molecule has 0 bridgehead atoms. The van der Waals surface area contributed by atoms with Crippen molar-refractivity contribution in [2.45, 2.75) is 6.92 Å². The number of fused-ring (bicyclic) bond motifs is 1. The summed E-state index contributed by atoms with van der Waals surface area (Å²) in [5, 5.41) is 6.47. The number of rotatable bonds is 5. The summed E-state index contributed by atoms with van der Waals surface area (Å²) in [7, 11) is 0. The van der Waals surface area contributed by atoms with Crippen molar-refractivity contribution in [3.05, 3.63) is 47.9 Å². The molecule has 0 radical (unpaired) electrons. The standard InChI is InChI=1S/C17H17N3O5/c1-11(12-4-5-13-15(9-12)25-8-7-24-13)19-20-16(21)10-18-17(22)14-3-2-6-23-14/h2-6,9H,7-8,10H2,1H3,(H,18,22)(H,20,21)/b19-11+. The molecule has 0 spiro atoms. The third-order valence-electron chi connectivity index (χ3n) is 3.46. The Hall–Kier alpha value is -3.29. The molecule has 8 heteroatoms. The van der Waals surface area contributed by atoms with E-state index in [0.29, 0.717) is 30.4 Å². The summed E-state index contributed by atoms with van der Waals surface area (Å²) in [6.07, 6.45) is 1.38. The molecular formula is C17H17N3O5. The lowest BCUT2D eigenvalue weighted by Crippen LogP contribution is -2.35. The molecule has 0 saturated carbocycles. The number of carbonyl (C=O) groups excluding carboxylic acids is 2. The van der Waals surface area contributed by atoms with E-state index in [-0.39, 0.29) is 12.3 Å². The second-order valence-corrected chi connectivity index (χ2v) is 5.25. The summed E-state index contributed by atoms with van der Waals surface area (Å²) in [6.45, 7) is 2.57. The minimum absolute atomic E-state index is 0.142. The van der Waals surface area contributed by atoms with E-state index in [1.54, 1.807) is 25.1 Å². The van der Waals surface area contributed by atoms with Gasteiger partial charge in [-0.1, -0.05) is 0 Å². The molecule has 8 nitrogen and oxygen atoms in total. The SMILES string of the molecule is C/C(=N\NC(=O)CNC(=O)c1ccco1)c1ccc2c(c1)OCCO2. The van der Waals surface area contributed by atoms with Crippen LogP contribution >= 0.6 is 0 Å². The molecule has 1 aliphatic heterocycles. The Labute approximate surface area is 143 Å². The number of nitrogens with one attached hydrogen (secondary N) is 2. The molecule has 0 fully saturated rings. The molecule has 2 amide bonds. The van der Waals surface area contributed by atoms with E-state index in [4.69, 9.17) is 13.9 Å². The third-order valence-corrected chi connectivity index (χ3v) is 3.46. The fraction of sp³-hybridized carbons (Fsp3) is 0.235. The number of carbonyl (C=O) groups is 2. The summed E-state index contributed by atoms with van der Waals surface area (Å²) in [5.41, 5.74) is 3.79. The third kappa shape index (κ3) is 4.17. The van der Waals surface area contributed by atoms with Crippen molar-refractivity contribution in [1.82, 2.24) is 10.7 Å². The van der Waals surface area contributed by atoms with Gasteiger partial charge in [-0.15, -0.1) is 0 Å². The molecule has 25 heavy (non-hydrogen) atoms. The molecule has 1 aromatic heterocycles. The summed E-state index contributed by atoms with van der Waals surface area (Å²) in [4.78, 5) is 23.4. The molecule has 0 unspecified atom stereocenters. The Kier molecular flexibility index (Phi) is 4.98. The first-order valence-electron chi connectivity index (χ1n) is 7.68. The number of benzene rings is 1. The minimum atomic E-state index is -0.465. The van der Waals surface area contributed by atoms with Crippen LogP contribution < -0.4 is 20.2 Å². The van der Waals surface area contributed by atoms with Crippen LogP contribution in [-0.4, -0.2) is 37.3 Å². The largest absolute Gasteiger partial charge is 0.486 e. The quantitative estimate of drug-likeness (QED) is 0.630. The Morgan fingerprint density at radius 3 is 2.72 bits per heavy atom. The number of amides is 2. The lowest BCUT2D eigenvalue weighted by Gasteiger charge is -2.18. The van der Waals surface area contributed by atoms with Crippen molar-refractivity contribution in [2.75, 3.05) is 19.8 Å². The van der Waals surface area contributed by atoms with Crippen molar-refractivity contribution in [3.63, 3.8) is 0 Å². The van der Waals surface area contributed by atoms with Gasteiger partial charge in [-0.25, -0.2) is 5.43 Å². The molecule has 0 aliphatic carbocycles. The van der Waals surface area contributed by atoms with Crippen molar-refractivity contribution < 1.29 is 23.5 Å². The minimum Gasteiger partial charge on any atom is -0.486 e. The van der Waals surface area contributed by atoms with Gasteiger partial charge in [-0.2, -0.15) is 5.10 Å². The van der Waals surface area contributed by atoms with Crippen LogP contribution in [0.5, 0.6) is 11.5 Å². The molecule has 2 heterocycles. The summed E-state index contributed by atoms with van der Waals surface area (Å²) in [6, 6.07) is 8.54. The average Bonchev–Trinajstić information content (AvgIpc) is 3.18. The number of hydrogen-bond donors (Lipinski definition) is 2. The van der Waals surface area contributed by atoms with E-state index in [0.717, 1.165) is 5.56 Å². The van der Waals surface area contributed by atoms with Gasteiger partial charge < -0.3 is 19.2 Å². The van der Waals surface area contributed by atoms with Gasteiger partial charge in [0.25, 0.3) is 11.8 Å². The first-order chi connectivity index (χ1) is 12.1. The zero-order valence-corrected chi connectivity index (χ0v) is 13.6. The van der Waals surface area contributed by atoms with Crippen LogP contribution in [0.15, 0.2) is 46.1 Å². The molecule has 1 aliphatic rings. The normalized spacial score (nSPS) is 13.2. The van der Waals surface area contributed by atoms with Crippen LogP contribution in [0.3, 0.4) is 0 Å². The lowest BCUT2D eigenvalue weighted by atomic mass is 10.1. The zero-order valence-electron chi connectivity index (χ0n) is 13.6. The highest BCUT2D eigenvalue weighted by atomic mass is 16.6.